The van der Waals surface area contributed by atoms with Crippen molar-refractivity contribution in [1.82, 2.24) is 9.78 Å². The summed E-state index contributed by atoms with van der Waals surface area (Å²) in [6.07, 6.45) is 2.22. The zero-order chi connectivity index (χ0) is 21.1. The molecule has 1 unspecified atom stereocenters. The van der Waals surface area contributed by atoms with Crippen LogP contribution in [-0.4, -0.2) is 35.4 Å². The van der Waals surface area contributed by atoms with E-state index in [0.29, 0.717) is 13.2 Å². The fourth-order valence-corrected chi connectivity index (χ4v) is 4.44. The van der Waals surface area contributed by atoms with Gasteiger partial charge >= 0.3 is 0 Å². The fourth-order valence-electron chi connectivity index (χ4n) is 4.44. The van der Waals surface area contributed by atoms with Crippen LogP contribution in [0.4, 0.5) is 5.82 Å². The van der Waals surface area contributed by atoms with E-state index in [1.54, 1.807) is 0 Å². The van der Waals surface area contributed by atoms with E-state index in [4.69, 9.17) is 9.84 Å². The van der Waals surface area contributed by atoms with Crippen LogP contribution in [0.1, 0.15) is 16.7 Å². The predicted molar refractivity (Wildman–Crippen MR) is 120 cm³/mol. The van der Waals surface area contributed by atoms with Gasteiger partial charge in [-0.3, -0.25) is 9.48 Å². The minimum absolute atomic E-state index is 0.511. The van der Waals surface area contributed by atoms with E-state index in [-0.39, 0.29) is 0 Å². The van der Waals surface area contributed by atoms with Gasteiger partial charge in [-0.1, -0.05) is 91.0 Å². The van der Waals surface area contributed by atoms with E-state index in [1.165, 1.54) is 0 Å². The van der Waals surface area contributed by atoms with Gasteiger partial charge in [0.25, 0.3) is 0 Å². The molecule has 0 spiro atoms. The molecule has 5 rings (SSSR count). The summed E-state index contributed by atoms with van der Waals surface area (Å²) in [5.41, 5.74) is 2.64. The van der Waals surface area contributed by atoms with Crippen molar-refractivity contribution in [3.8, 4) is 0 Å². The molecule has 1 fully saturated rings. The van der Waals surface area contributed by atoms with Crippen molar-refractivity contribution in [2.45, 2.75) is 11.8 Å². The molecule has 1 aliphatic rings. The Morgan fingerprint density at radius 1 is 0.806 bits per heavy atom. The molecule has 0 N–H and O–H groups in total. The minimum Gasteiger partial charge on any atom is -0.349 e. The molecule has 0 saturated carbocycles. The van der Waals surface area contributed by atoms with Gasteiger partial charge < -0.3 is 9.64 Å². The van der Waals surface area contributed by atoms with Gasteiger partial charge in [0.2, 0.25) is 0 Å². The van der Waals surface area contributed by atoms with Crippen LogP contribution in [0.2, 0.25) is 0 Å². The molecule has 5 heteroatoms. The van der Waals surface area contributed by atoms with Crippen LogP contribution in [0.15, 0.2) is 103 Å². The van der Waals surface area contributed by atoms with Crippen LogP contribution in [-0.2, 0) is 15.1 Å². The summed E-state index contributed by atoms with van der Waals surface area (Å²) in [4.78, 5) is 13.4. The van der Waals surface area contributed by atoms with Gasteiger partial charge in [0.15, 0.2) is 18.3 Å². The molecule has 0 amide bonds. The van der Waals surface area contributed by atoms with Crippen molar-refractivity contribution in [2.24, 2.45) is 0 Å². The second kappa shape index (κ2) is 8.20. The largest absolute Gasteiger partial charge is 0.349 e. The highest BCUT2D eigenvalue weighted by Crippen LogP contribution is 2.40. The molecule has 154 valence electrons. The third kappa shape index (κ3) is 3.23. The SMILES string of the molecule is O=CC1OCCN1c1ccn(C(c2ccccc2)(c2ccccc2)c2ccccc2)n1. The van der Waals surface area contributed by atoms with Crippen molar-refractivity contribution >= 4 is 12.1 Å². The third-order valence-electron chi connectivity index (χ3n) is 5.83. The normalized spacial score (nSPS) is 16.4. The maximum absolute atomic E-state index is 11.5. The molecular formula is C26H23N3O2. The second-order valence-corrected chi connectivity index (χ2v) is 7.52. The highest BCUT2D eigenvalue weighted by molar-refractivity contribution is 5.63. The summed E-state index contributed by atoms with van der Waals surface area (Å²) in [5, 5.41) is 5.00. The number of hydrogen-bond acceptors (Lipinski definition) is 4. The molecule has 1 atom stereocenters. The molecule has 1 saturated heterocycles. The van der Waals surface area contributed by atoms with Gasteiger partial charge in [-0.15, -0.1) is 0 Å². The van der Waals surface area contributed by atoms with Crippen LogP contribution in [0, 0.1) is 0 Å². The summed E-state index contributed by atoms with van der Waals surface area (Å²) in [7, 11) is 0. The van der Waals surface area contributed by atoms with Crippen molar-refractivity contribution in [1.29, 1.82) is 0 Å². The first-order chi connectivity index (χ1) is 15.3. The number of aldehydes is 1. The monoisotopic (exact) mass is 409 g/mol. The van der Waals surface area contributed by atoms with Gasteiger partial charge in [-0.05, 0) is 16.7 Å². The Morgan fingerprint density at radius 3 is 1.81 bits per heavy atom. The van der Waals surface area contributed by atoms with Crippen molar-refractivity contribution in [3.63, 3.8) is 0 Å². The lowest BCUT2D eigenvalue weighted by atomic mass is 9.77. The Kier molecular flexibility index (Phi) is 5.10. The highest BCUT2D eigenvalue weighted by atomic mass is 16.5. The first kappa shape index (κ1) is 19.3. The number of carbonyl (C=O) groups is 1. The lowest BCUT2D eigenvalue weighted by Crippen LogP contribution is -2.39. The van der Waals surface area contributed by atoms with E-state index >= 15 is 0 Å². The lowest BCUT2D eigenvalue weighted by molar-refractivity contribution is -0.115. The average Bonchev–Trinajstić information content (AvgIpc) is 3.52. The molecule has 3 aromatic carbocycles. The number of nitrogens with zero attached hydrogens (tertiary/aromatic N) is 3. The van der Waals surface area contributed by atoms with Gasteiger partial charge in [-0.2, -0.15) is 5.10 Å². The Bertz CT molecular complexity index is 1050. The zero-order valence-electron chi connectivity index (χ0n) is 17.0. The third-order valence-corrected chi connectivity index (χ3v) is 5.83. The van der Waals surface area contributed by atoms with Crippen LogP contribution in [0.3, 0.4) is 0 Å². The number of ether oxygens (including phenoxy) is 1. The zero-order valence-corrected chi connectivity index (χ0v) is 17.0. The van der Waals surface area contributed by atoms with Gasteiger partial charge in [0, 0.05) is 18.8 Å². The van der Waals surface area contributed by atoms with E-state index in [2.05, 4.69) is 72.8 Å². The summed E-state index contributed by atoms with van der Waals surface area (Å²) < 4.78 is 7.53. The van der Waals surface area contributed by atoms with Crippen LogP contribution < -0.4 is 4.90 Å². The molecule has 0 bridgehead atoms. The number of benzene rings is 3. The maximum atomic E-state index is 11.5. The molecule has 1 aromatic heterocycles. The first-order valence-corrected chi connectivity index (χ1v) is 10.4. The Labute approximate surface area is 181 Å². The van der Waals surface area contributed by atoms with Crippen molar-refractivity contribution < 1.29 is 9.53 Å². The second-order valence-electron chi connectivity index (χ2n) is 7.52. The molecule has 0 aliphatic carbocycles. The molecule has 4 aromatic rings. The quantitative estimate of drug-likeness (QED) is 0.356. The highest BCUT2D eigenvalue weighted by Gasteiger charge is 2.40. The summed E-state index contributed by atoms with van der Waals surface area (Å²) >= 11 is 0. The maximum Gasteiger partial charge on any atom is 0.188 e. The molecule has 1 aliphatic heterocycles. The number of aromatic nitrogens is 2. The molecule has 0 radical (unpaired) electrons. The molecule has 2 heterocycles. The van der Waals surface area contributed by atoms with E-state index in [9.17, 15) is 4.79 Å². The summed E-state index contributed by atoms with van der Waals surface area (Å²) in [6, 6.07) is 33.1. The average molecular weight is 409 g/mol. The van der Waals surface area contributed by atoms with Crippen LogP contribution >= 0.6 is 0 Å². The molecule has 31 heavy (non-hydrogen) atoms. The number of carbonyl (C=O) groups excluding carboxylic acids is 1. The lowest BCUT2D eigenvalue weighted by Gasteiger charge is -2.36. The minimum atomic E-state index is -0.667. The number of hydrogen-bond donors (Lipinski definition) is 0. The van der Waals surface area contributed by atoms with Crippen LogP contribution in [0.5, 0.6) is 0 Å². The van der Waals surface area contributed by atoms with E-state index in [0.717, 1.165) is 28.8 Å². The van der Waals surface area contributed by atoms with Crippen molar-refractivity contribution in [3.05, 3.63) is 120 Å². The number of rotatable bonds is 6. The molecule has 5 nitrogen and oxygen atoms in total. The Morgan fingerprint density at radius 2 is 1.32 bits per heavy atom. The van der Waals surface area contributed by atoms with E-state index in [1.807, 2.05) is 40.0 Å². The Balaban J connectivity index is 1.76. The molecular weight excluding hydrogens is 386 g/mol. The smallest absolute Gasteiger partial charge is 0.188 e. The van der Waals surface area contributed by atoms with Gasteiger partial charge in [0.1, 0.15) is 5.54 Å². The topological polar surface area (TPSA) is 47.4 Å². The van der Waals surface area contributed by atoms with Gasteiger partial charge in [0.05, 0.1) is 6.61 Å². The predicted octanol–water partition coefficient (Wildman–Crippen LogP) is 4.08. The van der Waals surface area contributed by atoms with Crippen molar-refractivity contribution in [2.75, 3.05) is 18.1 Å². The standard InChI is InChI=1S/C26H23N3O2/c30-20-25-28(18-19-31-25)24-16-17-29(27-24)26(21-10-4-1-5-11-21,22-12-6-2-7-13-22)23-14-8-3-9-15-23/h1-17,20,25H,18-19H2. The van der Waals surface area contributed by atoms with Crippen LogP contribution in [0.25, 0.3) is 0 Å². The Hall–Kier alpha value is -3.70. The fraction of sp³-hybridized carbons (Fsp3) is 0.154. The number of anilines is 1. The van der Waals surface area contributed by atoms with Gasteiger partial charge in [-0.25, -0.2) is 0 Å². The summed E-state index contributed by atoms with van der Waals surface area (Å²) in [5.74, 6) is 0.724. The summed E-state index contributed by atoms with van der Waals surface area (Å²) in [6.45, 7) is 1.15. The first-order valence-electron chi connectivity index (χ1n) is 10.4. The van der Waals surface area contributed by atoms with E-state index < -0.39 is 11.8 Å².